The second-order valence-corrected chi connectivity index (χ2v) is 3.77. The highest BCUT2D eigenvalue weighted by Gasteiger charge is 2.17. The van der Waals surface area contributed by atoms with Crippen LogP contribution in [0.25, 0.3) is 0 Å². The number of rotatable bonds is 1. The lowest BCUT2D eigenvalue weighted by Crippen LogP contribution is -1.92. The van der Waals surface area contributed by atoms with Gasteiger partial charge in [0.25, 0.3) is 0 Å². The summed E-state index contributed by atoms with van der Waals surface area (Å²) in [5.74, 6) is 11.2. The monoisotopic (exact) mass is 223 g/mol. The molecule has 0 unspecified atom stereocenters. The minimum Gasteiger partial charge on any atom is -0.263 e. The quantitative estimate of drug-likeness (QED) is 0.542. The van der Waals surface area contributed by atoms with Crippen molar-refractivity contribution in [3.8, 4) is 23.7 Å². The van der Waals surface area contributed by atoms with Crippen LogP contribution in [0.4, 0.5) is 0 Å². The molecule has 1 saturated carbocycles. The highest BCUT2D eigenvalue weighted by atomic mass is 16.3. The van der Waals surface area contributed by atoms with E-state index in [1.54, 1.807) is 12.1 Å². The Labute approximate surface area is 99.2 Å². The van der Waals surface area contributed by atoms with E-state index < -0.39 is 5.91 Å². The van der Waals surface area contributed by atoms with Crippen molar-refractivity contribution in [1.82, 2.24) is 0 Å². The van der Waals surface area contributed by atoms with Gasteiger partial charge in [0.15, 0.2) is 0 Å². The molecular formula is C14H9NO2. The van der Waals surface area contributed by atoms with Gasteiger partial charge in [-0.05, 0) is 48.9 Å². The normalized spacial score (nSPS) is 12.7. The van der Waals surface area contributed by atoms with Crippen molar-refractivity contribution in [2.45, 2.75) is 12.8 Å². The fourth-order valence-electron chi connectivity index (χ4n) is 1.22. The summed E-state index contributed by atoms with van der Waals surface area (Å²) in [4.78, 5) is 21.0. The average Bonchev–Trinajstić information content (AvgIpc) is 3.18. The van der Waals surface area contributed by atoms with Crippen molar-refractivity contribution in [2.75, 3.05) is 0 Å². The van der Waals surface area contributed by atoms with Crippen LogP contribution in [0.5, 0.6) is 0 Å². The molecule has 0 N–H and O–H groups in total. The third-order valence-corrected chi connectivity index (χ3v) is 2.34. The van der Waals surface area contributed by atoms with E-state index in [9.17, 15) is 9.70 Å². The first-order valence-electron chi connectivity index (χ1n) is 5.29. The Balaban J connectivity index is 2.05. The van der Waals surface area contributed by atoms with Gasteiger partial charge in [-0.15, -0.1) is 4.91 Å². The molecule has 0 aromatic heterocycles. The number of carbonyl (C=O) groups is 1. The van der Waals surface area contributed by atoms with Gasteiger partial charge in [0.1, 0.15) is 0 Å². The van der Waals surface area contributed by atoms with Gasteiger partial charge in [0.2, 0.25) is 0 Å². The van der Waals surface area contributed by atoms with Crippen molar-refractivity contribution in [3.05, 3.63) is 40.3 Å². The fourth-order valence-corrected chi connectivity index (χ4v) is 1.22. The number of nitrogens with zero attached hydrogens (tertiary/aromatic N) is 1. The maximum absolute atomic E-state index is 10.9. The molecule has 1 aliphatic rings. The third-order valence-electron chi connectivity index (χ3n) is 2.34. The maximum Gasteiger partial charge on any atom is 0.316 e. The first kappa shape index (κ1) is 11.1. The smallest absolute Gasteiger partial charge is 0.263 e. The molecule has 82 valence electrons. The molecule has 1 aromatic carbocycles. The van der Waals surface area contributed by atoms with Crippen molar-refractivity contribution >= 4 is 5.91 Å². The number of nitroso groups, excluding NO2 is 1. The Morgan fingerprint density at radius 1 is 1.18 bits per heavy atom. The van der Waals surface area contributed by atoms with E-state index >= 15 is 0 Å². The molecule has 1 aliphatic carbocycles. The highest BCUT2D eigenvalue weighted by Crippen LogP contribution is 2.27. The Kier molecular flexibility index (Phi) is 3.33. The SMILES string of the molecule is O=NC(=O)c1ccc(C#CC#CC2CC2)cc1. The number of benzene rings is 1. The topological polar surface area (TPSA) is 46.5 Å². The molecule has 1 fully saturated rings. The molecular weight excluding hydrogens is 214 g/mol. The first-order valence-corrected chi connectivity index (χ1v) is 5.29. The summed E-state index contributed by atoms with van der Waals surface area (Å²) >= 11 is 0. The number of amides is 1. The zero-order valence-electron chi connectivity index (χ0n) is 9.06. The van der Waals surface area contributed by atoms with Gasteiger partial charge < -0.3 is 0 Å². The maximum atomic E-state index is 10.9. The lowest BCUT2D eigenvalue weighted by Gasteiger charge is -1.92. The Hall–Kier alpha value is -2.39. The molecule has 0 bridgehead atoms. The molecule has 2 rings (SSSR count). The lowest BCUT2D eigenvalue weighted by molar-refractivity contribution is 0.100. The summed E-state index contributed by atoms with van der Waals surface area (Å²) in [5, 5.41) is 2.34. The van der Waals surface area contributed by atoms with Gasteiger partial charge in [-0.2, -0.15) is 0 Å². The van der Waals surface area contributed by atoms with Crippen LogP contribution in [-0.4, -0.2) is 5.91 Å². The second kappa shape index (κ2) is 5.09. The summed E-state index contributed by atoms with van der Waals surface area (Å²) in [6.45, 7) is 0. The summed E-state index contributed by atoms with van der Waals surface area (Å²) < 4.78 is 0. The largest absolute Gasteiger partial charge is 0.316 e. The van der Waals surface area contributed by atoms with Gasteiger partial charge in [-0.25, -0.2) is 0 Å². The first-order chi connectivity index (χ1) is 8.29. The van der Waals surface area contributed by atoms with Crippen molar-refractivity contribution < 1.29 is 4.79 Å². The minimum absolute atomic E-state index is 0.273. The molecule has 1 aromatic rings. The molecule has 3 heteroatoms. The Morgan fingerprint density at radius 3 is 2.47 bits per heavy atom. The highest BCUT2D eigenvalue weighted by molar-refractivity contribution is 5.94. The fraction of sp³-hybridized carbons (Fsp3) is 0.214. The molecule has 0 aliphatic heterocycles. The van der Waals surface area contributed by atoms with E-state index in [0.717, 1.165) is 5.56 Å². The number of carbonyl (C=O) groups excluding carboxylic acids is 1. The summed E-state index contributed by atoms with van der Waals surface area (Å²) in [6, 6.07) is 6.40. The Bertz CT molecular complexity index is 560. The predicted octanol–water partition coefficient (Wildman–Crippen LogP) is 2.36. The molecule has 0 heterocycles. The van der Waals surface area contributed by atoms with Crippen LogP contribution in [0.15, 0.2) is 29.4 Å². The van der Waals surface area contributed by atoms with Crippen LogP contribution in [0, 0.1) is 34.5 Å². The molecule has 0 spiro atoms. The molecule has 0 atom stereocenters. The molecule has 0 saturated heterocycles. The van der Waals surface area contributed by atoms with Crippen molar-refractivity contribution in [2.24, 2.45) is 11.1 Å². The Morgan fingerprint density at radius 2 is 1.88 bits per heavy atom. The minimum atomic E-state index is -0.766. The van der Waals surface area contributed by atoms with Crippen LogP contribution in [0.2, 0.25) is 0 Å². The zero-order chi connectivity index (χ0) is 12.1. The van der Waals surface area contributed by atoms with Gasteiger partial charge in [-0.1, -0.05) is 11.8 Å². The van der Waals surface area contributed by atoms with Crippen LogP contribution in [-0.2, 0) is 0 Å². The van der Waals surface area contributed by atoms with Gasteiger partial charge in [0, 0.05) is 22.2 Å². The van der Waals surface area contributed by atoms with Gasteiger partial charge in [-0.3, -0.25) is 4.79 Å². The van der Waals surface area contributed by atoms with E-state index in [2.05, 4.69) is 28.9 Å². The summed E-state index contributed by atoms with van der Waals surface area (Å²) in [5.41, 5.74) is 1.03. The number of hydrogen-bond donors (Lipinski definition) is 0. The zero-order valence-corrected chi connectivity index (χ0v) is 9.06. The van der Waals surface area contributed by atoms with Gasteiger partial charge >= 0.3 is 5.91 Å². The van der Waals surface area contributed by atoms with Crippen molar-refractivity contribution in [1.29, 1.82) is 0 Å². The van der Waals surface area contributed by atoms with Crippen LogP contribution >= 0.6 is 0 Å². The summed E-state index contributed by atoms with van der Waals surface area (Å²) in [7, 11) is 0. The van der Waals surface area contributed by atoms with Crippen LogP contribution < -0.4 is 0 Å². The average molecular weight is 223 g/mol. The standard InChI is InChI=1S/C14H9NO2/c16-14(15-17)13-9-7-12(8-10-13)4-2-1-3-11-5-6-11/h7-11H,5-6H2. The molecule has 3 nitrogen and oxygen atoms in total. The molecule has 0 radical (unpaired) electrons. The van der Waals surface area contributed by atoms with Gasteiger partial charge in [0.05, 0.1) is 0 Å². The third kappa shape index (κ3) is 3.29. The molecule has 1 amide bonds. The van der Waals surface area contributed by atoms with Crippen LogP contribution in [0.3, 0.4) is 0 Å². The predicted molar refractivity (Wildman–Crippen MR) is 63.9 cm³/mol. The molecule has 17 heavy (non-hydrogen) atoms. The second-order valence-electron chi connectivity index (χ2n) is 3.77. The lowest BCUT2D eigenvalue weighted by atomic mass is 10.1. The number of hydrogen-bond acceptors (Lipinski definition) is 2. The van der Waals surface area contributed by atoms with E-state index in [1.807, 2.05) is 0 Å². The van der Waals surface area contributed by atoms with Crippen molar-refractivity contribution in [3.63, 3.8) is 0 Å². The summed E-state index contributed by atoms with van der Waals surface area (Å²) in [6.07, 6.45) is 2.37. The van der Waals surface area contributed by atoms with E-state index in [0.29, 0.717) is 5.92 Å². The van der Waals surface area contributed by atoms with E-state index in [-0.39, 0.29) is 5.56 Å². The van der Waals surface area contributed by atoms with Crippen LogP contribution in [0.1, 0.15) is 28.8 Å². The van der Waals surface area contributed by atoms with E-state index in [4.69, 9.17) is 0 Å². The van der Waals surface area contributed by atoms with E-state index in [1.165, 1.54) is 25.0 Å².